The molecular weight excluding hydrogens is 324 g/mol. The van der Waals surface area contributed by atoms with Crippen LogP contribution in [-0.2, 0) is 14.9 Å². The Morgan fingerprint density at radius 2 is 1.74 bits per heavy atom. The highest BCUT2D eigenvalue weighted by Crippen LogP contribution is 2.30. The van der Waals surface area contributed by atoms with Gasteiger partial charge in [0.15, 0.2) is 10.6 Å². The van der Waals surface area contributed by atoms with Crippen molar-refractivity contribution in [3.63, 3.8) is 0 Å². The Morgan fingerprint density at radius 3 is 2.39 bits per heavy atom. The van der Waals surface area contributed by atoms with Crippen LogP contribution in [0.4, 0.5) is 11.4 Å². The fourth-order valence-electron chi connectivity index (χ4n) is 1.81. The molecule has 2 aromatic carbocycles. The Bertz CT molecular complexity index is 863. The highest BCUT2D eigenvalue weighted by molar-refractivity contribution is 7.87. The van der Waals surface area contributed by atoms with Crippen molar-refractivity contribution in [2.75, 3.05) is 5.32 Å². The zero-order valence-corrected chi connectivity index (χ0v) is 12.7. The first-order valence-electron chi connectivity index (χ1n) is 6.36. The Morgan fingerprint density at radius 1 is 1.13 bits per heavy atom. The molecule has 0 spiro atoms. The number of amides is 1. The summed E-state index contributed by atoms with van der Waals surface area (Å²) in [7, 11) is -4.44. The molecule has 9 heteroatoms. The van der Waals surface area contributed by atoms with Crippen molar-refractivity contribution in [1.29, 1.82) is 0 Å². The summed E-state index contributed by atoms with van der Waals surface area (Å²) in [6.45, 7) is 1.26. The highest BCUT2D eigenvalue weighted by Gasteiger charge is 2.27. The maximum atomic E-state index is 12.3. The third-order valence-electron chi connectivity index (χ3n) is 2.73. The van der Waals surface area contributed by atoms with Gasteiger partial charge < -0.3 is 9.50 Å². The van der Waals surface area contributed by atoms with E-state index in [0.717, 1.165) is 12.1 Å². The number of hydrogen-bond acceptors (Lipinski definition) is 6. The number of benzene rings is 2. The first kappa shape index (κ1) is 16.4. The van der Waals surface area contributed by atoms with E-state index in [2.05, 4.69) is 5.32 Å². The lowest BCUT2D eigenvalue weighted by molar-refractivity contribution is -0.387. The average Bonchev–Trinajstić information content (AvgIpc) is 2.48. The lowest BCUT2D eigenvalue weighted by Gasteiger charge is -2.11. The van der Waals surface area contributed by atoms with E-state index < -0.39 is 31.5 Å². The van der Waals surface area contributed by atoms with Gasteiger partial charge in [0.25, 0.3) is 5.69 Å². The number of nitrogens with one attached hydrogen (secondary N) is 1. The molecule has 23 heavy (non-hydrogen) atoms. The van der Waals surface area contributed by atoms with Gasteiger partial charge in [-0.05, 0) is 18.2 Å². The zero-order chi connectivity index (χ0) is 17.0. The second-order valence-electron chi connectivity index (χ2n) is 4.44. The average molecular weight is 336 g/mol. The summed E-state index contributed by atoms with van der Waals surface area (Å²) < 4.78 is 29.6. The van der Waals surface area contributed by atoms with Crippen LogP contribution in [0.15, 0.2) is 53.4 Å². The molecule has 0 saturated heterocycles. The summed E-state index contributed by atoms with van der Waals surface area (Å²) in [6, 6.07) is 10.7. The largest absolute Gasteiger partial charge is 0.377 e. The molecule has 2 aromatic rings. The fraction of sp³-hybridized carbons (Fsp3) is 0.0714. The lowest BCUT2D eigenvalue weighted by atomic mass is 10.3. The van der Waals surface area contributed by atoms with Gasteiger partial charge in [0.2, 0.25) is 5.91 Å². The molecule has 0 atom stereocenters. The molecule has 0 aromatic heterocycles. The quantitative estimate of drug-likeness (QED) is 0.509. The number of anilines is 1. The van der Waals surface area contributed by atoms with Crippen molar-refractivity contribution in [3.8, 4) is 5.75 Å². The monoisotopic (exact) mass is 336 g/mol. The summed E-state index contributed by atoms with van der Waals surface area (Å²) in [5.41, 5.74) is -0.452. The van der Waals surface area contributed by atoms with Crippen LogP contribution in [0.25, 0.3) is 0 Å². The van der Waals surface area contributed by atoms with Crippen LogP contribution in [0, 0.1) is 10.1 Å². The topological polar surface area (TPSA) is 116 Å². The van der Waals surface area contributed by atoms with Crippen LogP contribution >= 0.6 is 0 Å². The summed E-state index contributed by atoms with van der Waals surface area (Å²) in [6.07, 6.45) is 0. The van der Waals surface area contributed by atoms with Gasteiger partial charge in [0.1, 0.15) is 0 Å². The summed E-state index contributed by atoms with van der Waals surface area (Å²) in [4.78, 5) is 20.7. The van der Waals surface area contributed by atoms with Gasteiger partial charge >= 0.3 is 10.1 Å². The van der Waals surface area contributed by atoms with Crippen molar-refractivity contribution in [2.45, 2.75) is 11.8 Å². The van der Waals surface area contributed by atoms with Gasteiger partial charge in [0.05, 0.1) is 10.6 Å². The number of nitro benzene ring substituents is 1. The molecule has 8 nitrogen and oxygen atoms in total. The molecule has 1 amide bonds. The van der Waals surface area contributed by atoms with Crippen LogP contribution in [-0.4, -0.2) is 19.2 Å². The number of carbonyl (C=O) groups excluding carboxylic acids is 1. The number of nitrogens with zero attached hydrogens (tertiary/aromatic N) is 1. The van der Waals surface area contributed by atoms with E-state index >= 15 is 0 Å². The molecule has 0 aliphatic carbocycles. The first-order chi connectivity index (χ1) is 10.8. The fourth-order valence-corrected chi connectivity index (χ4v) is 2.93. The summed E-state index contributed by atoms with van der Waals surface area (Å²) in [5.74, 6) is -0.551. The molecule has 2 rings (SSSR count). The van der Waals surface area contributed by atoms with Gasteiger partial charge in [-0.15, -0.1) is 0 Å². The minimum Gasteiger partial charge on any atom is -0.377 e. The molecule has 0 fully saturated rings. The molecule has 0 bridgehead atoms. The van der Waals surface area contributed by atoms with Crippen molar-refractivity contribution in [3.05, 3.63) is 58.6 Å². The van der Waals surface area contributed by atoms with Crippen LogP contribution in [0.3, 0.4) is 0 Å². The van der Waals surface area contributed by atoms with Crippen molar-refractivity contribution >= 4 is 27.4 Å². The van der Waals surface area contributed by atoms with E-state index in [9.17, 15) is 23.3 Å². The van der Waals surface area contributed by atoms with Crippen LogP contribution in [0.2, 0.25) is 0 Å². The van der Waals surface area contributed by atoms with Crippen molar-refractivity contribution in [1.82, 2.24) is 0 Å². The van der Waals surface area contributed by atoms with E-state index in [4.69, 9.17) is 4.18 Å². The number of carbonyl (C=O) groups is 1. The summed E-state index contributed by atoms with van der Waals surface area (Å²) >= 11 is 0. The highest BCUT2D eigenvalue weighted by atomic mass is 32.2. The third-order valence-corrected chi connectivity index (χ3v) is 4.01. The Labute approximate surface area is 132 Å². The normalized spacial score (nSPS) is 10.8. The molecule has 120 valence electrons. The van der Waals surface area contributed by atoms with E-state index in [0.29, 0.717) is 0 Å². The van der Waals surface area contributed by atoms with Crippen molar-refractivity contribution in [2.24, 2.45) is 0 Å². The maximum absolute atomic E-state index is 12.3. The third kappa shape index (κ3) is 3.83. The van der Waals surface area contributed by atoms with Crippen LogP contribution in [0.5, 0.6) is 5.75 Å². The molecule has 0 aliphatic rings. The standard InChI is InChI=1S/C14H12N2O6S/c1-10(17)15-11-6-2-4-8-13(11)22-23(20,21)14-9-5-3-7-12(14)16(18)19/h2-9H,1H3,(H,15,17). The van der Waals surface area contributed by atoms with E-state index in [1.807, 2.05) is 0 Å². The predicted octanol–water partition coefficient (Wildman–Crippen LogP) is 2.32. The van der Waals surface area contributed by atoms with E-state index in [-0.39, 0.29) is 11.4 Å². The van der Waals surface area contributed by atoms with Gasteiger partial charge in [-0.25, -0.2) is 0 Å². The van der Waals surface area contributed by atoms with Crippen molar-refractivity contribution < 1.29 is 22.3 Å². The SMILES string of the molecule is CC(=O)Nc1ccccc1OS(=O)(=O)c1ccccc1[N+](=O)[O-]. The minimum absolute atomic E-state index is 0.138. The molecular formula is C14H12N2O6S. The second kappa shape index (κ2) is 6.44. The number of hydrogen-bond donors (Lipinski definition) is 1. The van der Waals surface area contributed by atoms with Gasteiger partial charge in [-0.1, -0.05) is 24.3 Å². The number of rotatable bonds is 5. The van der Waals surface area contributed by atoms with Gasteiger partial charge in [0, 0.05) is 13.0 Å². The minimum atomic E-state index is -4.44. The lowest BCUT2D eigenvalue weighted by Crippen LogP contribution is -2.14. The predicted molar refractivity (Wildman–Crippen MR) is 81.7 cm³/mol. The van der Waals surface area contributed by atoms with E-state index in [1.165, 1.54) is 37.3 Å². The number of nitro groups is 1. The molecule has 0 heterocycles. The molecule has 0 radical (unpaired) electrons. The van der Waals surface area contributed by atoms with Gasteiger partial charge in [-0.3, -0.25) is 14.9 Å². The molecule has 0 aliphatic heterocycles. The maximum Gasteiger partial charge on any atom is 0.346 e. The van der Waals surface area contributed by atoms with Crippen LogP contribution in [0.1, 0.15) is 6.92 Å². The molecule has 0 unspecified atom stereocenters. The van der Waals surface area contributed by atoms with Gasteiger partial charge in [-0.2, -0.15) is 8.42 Å². The zero-order valence-electron chi connectivity index (χ0n) is 11.9. The first-order valence-corrected chi connectivity index (χ1v) is 7.76. The Hall–Kier alpha value is -2.94. The molecule has 0 saturated carbocycles. The smallest absolute Gasteiger partial charge is 0.346 e. The molecule has 1 N–H and O–H groups in total. The number of para-hydroxylation sites is 3. The van der Waals surface area contributed by atoms with E-state index in [1.54, 1.807) is 6.07 Å². The second-order valence-corrected chi connectivity index (χ2v) is 5.95. The van der Waals surface area contributed by atoms with Crippen LogP contribution < -0.4 is 9.50 Å². The Balaban J connectivity index is 2.44. The Kier molecular flexibility index (Phi) is 4.60. The summed E-state index contributed by atoms with van der Waals surface area (Å²) in [5, 5.41) is 13.4.